The first-order valence-corrected chi connectivity index (χ1v) is 8.02. The molecule has 1 aromatic rings. The van der Waals surface area contributed by atoms with Gasteiger partial charge < -0.3 is 19.3 Å². The second-order valence-electron chi connectivity index (χ2n) is 7.02. The smallest absolute Gasteiger partial charge is 0.410 e. The minimum absolute atomic E-state index is 0.0563. The molecule has 0 aromatic carbocycles. The lowest BCUT2D eigenvalue weighted by atomic mass is 10.2. The van der Waals surface area contributed by atoms with Gasteiger partial charge in [-0.05, 0) is 39.7 Å². The van der Waals surface area contributed by atoms with Gasteiger partial charge in [-0.15, -0.1) is 0 Å². The van der Waals surface area contributed by atoms with E-state index in [9.17, 15) is 4.79 Å². The number of hydrogen-bond acceptors (Lipinski definition) is 5. The topological polar surface area (TPSA) is 54.9 Å². The maximum atomic E-state index is 12.3. The van der Waals surface area contributed by atoms with Crippen LogP contribution in [0.2, 0.25) is 0 Å². The first kappa shape index (κ1) is 17.4. The maximum absolute atomic E-state index is 12.3. The number of anilines is 1. The van der Waals surface area contributed by atoms with Gasteiger partial charge in [0.05, 0.1) is 6.04 Å². The molecule has 1 atom stereocenters. The Morgan fingerprint density at radius 1 is 1.43 bits per heavy atom. The molecule has 1 unspecified atom stereocenters. The standard InChI is InChI=1S/C17H27N3O3/c1-17(2,3)23-16(21)20-10-6-7-13(20)12-22-14-8-9-18-15(11-14)19(4)5/h8-9,11,13H,6-7,10,12H2,1-5H3. The van der Waals surface area contributed by atoms with Crippen LogP contribution in [0.3, 0.4) is 0 Å². The zero-order valence-electron chi connectivity index (χ0n) is 14.7. The summed E-state index contributed by atoms with van der Waals surface area (Å²) in [5.74, 6) is 1.61. The van der Waals surface area contributed by atoms with E-state index in [2.05, 4.69) is 4.98 Å². The van der Waals surface area contributed by atoms with E-state index in [-0.39, 0.29) is 12.1 Å². The molecule has 0 radical (unpaired) electrons. The summed E-state index contributed by atoms with van der Waals surface area (Å²) in [6.45, 7) is 6.84. The van der Waals surface area contributed by atoms with Crippen molar-refractivity contribution in [1.29, 1.82) is 0 Å². The highest BCUT2D eigenvalue weighted by Crippen LogP contribution is 2.23. The first-order chi connectivity index (χ1) is 10.8. The molecule has 1 aliphatic rings. The highest BCUT2D eigenvalue weighted by atomic mass is 16.6. The van der Waals surface area contributed by atoms with Crippen LogP contribution < -0.4 is 9.64 Å². The van der Waals surface area contributed by atoms with Crippen LogP contribution in [0.4, 0.5) is 10.6 Å². The molecule has 2 rings (SSSR count). The Bertz CT molecular complexity index is 540. The average Bonchev–Trinajstić information content (AvgIpc) is 2.92. The van der Waals surface area contributed by atoms with Crippen LogP contribution >= 0.6 is 0 Å². The van der Waals surface area contributed by atoms with Crippen LogP contribution in [0.5, 0.6) is 5.75 Å². The van der Waals surface area contributed by atoms with Crippen molar-refractivity contribution in [2.24, 2.45) is 0 Å². The molecule has 0 spiro atoms. The van der Waals surface area contributed by atoms with Gasteiger partial charge in [0.15, 0.2) is 0 Å². The Morgan fingerprint density at radius 2 is 2.17 bits per heavy atom. The third-order valence-corrected chi connectivity index (χ3v) is 3.62. The summed E-state index contributed by atoms with van der Waals surface area (Å²) in [6.07, 6.45) is 3.38. The van der Waals surface area contributed by atoms with Crippen LogP contribution in [-0.4, -0.2) is 54.9 Å². The number of nitrogens with zero attached hydrogens (tertiary/aromatic N) is 3. The second-order valence-corrected chi connectivity index (χ2v) is 7.02. The maximum Gasteiger partial charge on any atom is 0.410 e. The number of amides is 1. The van der Waals surface area contributed by atoms with Gasteiger partial charge in [-0.3, -0.25) is 0 Å². The summed E-state index contributed by atoms with van der Waals surface area (Å²) in [5.41, 5.74) is -0.475. The zero-order chi connectivity index (χ0) is 17.0. The Hall–Kier alpha value is -1.98. The Labute approximate surface area is 138 Å². The third kappa shape index (κ3) is 5.01. The summed E-state index contributed by atoms with van der Waals surface area (Å²) in [7, 11) is 3.88. The van der Waals surface area contributed by atoms with Crippen molar-refractivity contribution >= 4 is 11.9 Å². The fraction of sp³-hybridized carbons (Fsp3) is 0.647. The van der Waals surface area contributed by atoms with E-state index >= 15 is 0 Å². The monoisotopic (exact) mass is 321 g/mol. The minimum Gasteiger partial charge on any atom is -0.491 e. The Balaban J connectivity index is 1.94. The molecule has 0 N–H and O–H groups in total. The summed E-state index contributed by atoms with van der Waals surface area (Å²) in [6, 6.07) is 3.79. The molecule has 0 saturated carbocycles. The van der Waals surface area contributed by atoms with E-state index in [1.165, 1.54) is 0 Å². The highest BCUT2D eigenvalue weighted by Gasteiger charge is 2.32. The number of ether oxygens (including phenoxy) is 2. The van der Waals surface area contributed by atoms with Crippen molar-refractivity contribution in [3.05, 3.63) is 18.3 Å². The van der Waals surface area contributed by atoms with Crippen molar-refractivity contribution in [2.75, 3.05) is 32.1 Å². The average molecular weight is 321 g/mol. The number of pyridine rings is 1. The van der Waals surface area contributed by atoms with Crippen LogP contribution in [0.1, 0.15) is 33.6 Å². The van der Waals surface area contributed by atoms with Crippen molar-refractivity contribution in [3.8, 4) is 5.75 Å². The number of carbonyl (C=O) groups is 1. The lowest BCUT2D eigenvalue weighted by molar-refractivity contribution is 0.0187. The summed E-state index contributed by atoms with van der Waals surface area (Å²) >= 11 is 0. The van der Waals surface area contributed by atoms with Gasteiger partial charge in [0.25, 0.3) is 0 Å². The van der Waals surface area contributed by atoms with Crippen LogP contribution in [0.25, 0.3) is 0 Å². The van der Waals surface area contributed by atoms with E-state index in [0.29, 0.717) is 6.61 Å². The number of likely N-dealkylation sites (tertiary alicyclic amines) is 1. The predicted molar refractivity (Wildman–Crippen MR) is 90.0 cm³/mol. The van der Waals surface area contributed by atoms with Crippen molar-refractivity contribution in [1.82, 2.24) is 9.88 Å². The molecule has 2 heterocycles. The molecular formula is C17H27N3O3. The van der Waals surface area contributed by atoms with E-state index in [1.807, 2.05) is 51.9 Å². The van der Waals surface area contributed by atoms with Gasteiger partial charge in [-0.1, -0.05) is 0 Å². The molecule has 0 aliphatic carbocycles. The van der Waals surface area contributed by atoms with Crippen LogP contribution in [-0.2, 0) is 4.74 Å². The predicted octanol–water partition coefficient (Wildman–Crippen LogP) is 2.93. The second kappa shape index (κ2) is 7.06. The van der Waals surface area contributed by atoms with Gasteiger partial charge >= 0.3 is 6.09 Å². The number of hydrogen-bond donors (Lipinski definition) is 0. The summed E-state index contributed by atoms with van der Waals surface area (Å²) < 4.78 is 11.3. The lowest BCUT2D eigenvalue weighted by Crippen LogP contribution is -2.42. The Kier molecular flexibility index (Phi) is 5.34. The van der Waals surface area contributed by atoms with Gasteiger partial charge in [0.2, 0.25) is 0 Å². The van der Waals surface area contributed by atoms with E-state index < -0.39 is 5.60 Å². The minimum atomic E-state index is -0.475. The third-order valence-electron chi connectivity index (χ3n) is 3.62. The van der Waals surface area contributed by atoms with Crippen molar-refractivity contribution < 1.29 is 14.3 Å². The largest absolute Gasteiger partial charge is 0.491 e. The molecule has 1 aliphatic heterocycles. The first-order valence-electron chi connectivity index (χ1n) is 8.02. The zero-order valence-corrected chi connectivity index (χ0v) is 14.7. The van der Waals surface area contributed by atoms with Crippen molar-refractivity contribution in [2.45, 2.75) is 45.3 Å². The van der Waals surface area contributed by atoms with Gasteiger partial charge in [-0.25, -0.2) is 9.78 Å². The SMILES string of the molecule is CN(C)c1cc(OCC2CCCN2C(=O)OC(C)(C)C)ccn1. The van der Waals surface area contributed by atoms with Crippen LogP contribution in [0.15, 0.2) is 18.3 Å². The molecule has 1 amide bonds. The fourth-order valence-electron chi connectivity index (χ4n) is 2.50. The molecule has 23 heavy (non-hydrogen) atoms. The van der Waals surface area contributed by atoms with Gasteiger partial charge in [-0.2, -0.15) is 0 Å². The Morgan fingerprint density at radius 3 is 2.83 bits per heavy atom. The molecular weight excluding hydrogens is 294 g/mol. The number of rotatable bonds is 4. The van der Waals surface area contributed by atoms with Gasteiger partial charge in [0.1, 0.15) is 23.8 Å². The fourth-order valence-corrected chi connectivity index (χ4v) is 2.50. The quantitative estimate of drug-likeness (QED) is 0.853. The number of carbonyl (C=O) groups excluding carboxylic acids is 1. The highest BCUT2D eigenvalue weighted by molar-refractivity contribution is 5.69. The summed E-state index contributed by atoms with van der Waals surface area (Å²) in [5, 5.41) is 0. The lowest BCUT2D eigenvalue weighted by Gasteiger charge is -2.28. The van der Waals surface area contributed by atoms with Crippen LogP contribution in [0, 0.1) is 0 Å². The molecule has 1 saturated heterocycles. The molecule has 6 nitrogen and oxygen atoms in total. The van der Waals surface area contributed by atoms with E-state index in [4.69, 9.17) is 9.47 Å². The molecule has 0 bridgehead atoms. The molecule has 128 valence electrons. The molecule has 6 heteroatoms. The van der Waals surface area contributed by atoms with E-state index in [0.717, 1.165) is 31.0 Å². The van der Waals surface area contributed by atoms with Crippen molar-refractivity contribution in [3.63, 3.8) is 0 Å². The molecule has 1 fully saturated rings. The summed E-state index contributed by atoms with van der Waals surface area (Å²) in [4.78, 5) is 20.2. The van der Waals surface area contributed by atoms with E-state index in [1.54, 1.807) is 11.1 Å². The molecule has 1 aromatic heterocycles. The van der Waals surface area contributed by atoms with Gasteiger partial charge in [0, 0.05) is 32.9 Å². The number of aromatic nitrogens is 1. The normalized spacial score (nSPS) is 18.0.